The van der Waals surface area contributed by atoms with Crippen molar-refractivity contribution in [1.82, 2.24) is 9.97 Å². The minimum absolute atomic E-state index is 0.275. The Bertz CT molecular complexity index is 566. The molecule has 2 N–H and O–H groups in total. The monoisotopic (exact) mass is 290 g/mol. The number of aryl methyl sites for hydroxylation is 1. The van der Waals surface area contributed by atoms with E-state index in [4.69, 9.17) is 10.7 Å². The average molecular weight is 290 g/mol. The zero-order valence-corrected chi connectivity index (χ0v) is 13.4. The molecule has 5 heteroatoms. The van der Waals surface area contributed by atoms with E-state index in [9.17, 15) is 0 Å². The van der Waals surface area contributed by atoms with Crippen LogP contribution in [0, 0.1) is 6.92 Å². The average Bonchev–Trinajstić information content (AvgIpc) is 2.95. The molecule has 4 nitrogen and oxygen atoms in total. The molecule has 0 amide bonds. The van der Waals surface area contributed by atoms with Gasteiger partial charge in [0.25, 0.3) is 0 Å². The van der Waals surface area contributed by atoms with Crippen molar-refractivity contribution in [3.63, 3.8) is 0 Å². The molecule has 0 aromatic carbocycles. The van der Waals surface area contributed by atoms with Gasteiger partial charge in [0.1, 0.15) is 17.5 Å². The van der Waals surface area contributed by atoms with E-state index in [2.05, 4.69) is 48.3 Å². The molecular formula is C15H22N4S. The fraction of sp³-hybridized carbons (Fsp3) is 0.467. The van der Waals surface area contributed by atoms with E-state index in [1.807, 2.05) is 6.92 Å². The fourth-order valence-electron chi connectivity index (χ4n) is 2.15. The van der Waals surface area contributed by atoms with Gasteiger partial charge in [-0.3, -0.25) is 0 Å². The van der Waals surface area contributed by atoms with E-state index < -0.39 is 0 Å². The number of anilines is 2. The van der Waals surface area contributed by atoms with E-state index in [1.165, 1.54) is 4.88 Å². The van der Waals surface area contributed by atoms with Gasteiger partial charge in [0.2, 0.25) is 0 Å². The van der Waals surface area contributed by atoms with Crippen molar-refractivity contribution in [2.75, 3.05) is 17.7 Å². The van der Waals surface area contributed by atoms with Gasteiger partial charge in [0.05, 0.1) is 6.04 Å². The van der Waals surface area contributed by atoms with Crippen LogP contribution < -0.4 is 10.6 Å². The molecule has 0 bridgehead atoms. The van der Waals surface area contributed by atoms with Gasteiger partial charge in [-0.2, -0.15) is 0 Å². The number of hydrogen-bond acceptors (Lipinski definition) is 5. The number of nitrogens with zero attached hydrogens (tertiary/aromatic N) is 3. The van der Waals surface area contributed by atoms with Gasteiger partial charge in [0.15, 0.2) is 0 Å². The van der Waals surface area contributed by atoms with Crippen molar-refractivity contribution in [2.45, 2.75) is 39.7 Å². The molecule has 2 rings (SSSR count). The van der Waals surface area contributed by atoms with Crippen molar-refractivity contribution in [3.8, 4) is 0 Å². The third kappa shape index (κ3) is 2.93. The summed E-state index contributed by atoms with van der Waals surface area (Å²) in [6.07, 6.45) is 1.88. The molecule has 2 aromatic rings. The van der Waals surface area contributed by atoms with Gasteiger partial charge >= 0.3 is 0 Å². The van der Waals surface area contributed by atoms with Crippen LogP contribution in [0.25, 0.3) is 0 Å². The Balaban J connectivity index is 2.35. The predicted octanol–water partition coefficient (Wildman–Crippen LogP) is 3.58. The molecule has 108 valence electrons. The molecule has 1 atom stereocenters. The highest BCUT2D eigenvalue weighted by atomic mass is 32.1. The van der Waals surface area contributed by atoms with Gasteiger partial charge in [-0.05, 0) is 31.7 Å². The molecule has 20 heavy (non-hydrogen) atoms. The first-order valence-corrected chi connectivity index (χ1v) is 7.81. The lowest BCUT2D eigenvalue weighted by Gasteiger charge is -2.27. The standard InChI is InChI=1S/C15H22N4S/c1-5-7-13-17-14(16)10(2)15(18-13)19(4)11(3)12-8-6-9-20-12/h6,8-9,11H,5,7H2,1-4H3,(H2,16,17,18). The maximum atomic E-state index is 6.03. The normalized spacial score (nSPS) is 12.4. The maximum Gasteiger partial charge on any atom is 0.137 e. The van der Waals surface area contributed by atoms with Crippen molar-refractivity contribution in [3.05, 3.63) is 33.8 Å². The third-order valence-electron chi connectivity index (χ3n) is 3.55. The summed E-state index contributed by atoms with van der Waals surface area (Å²) in [4.78, 5) is 12.6. The molecular weight excluding hydrogens is 268 g/mol. The first-order valence-electron chi connectivity index (χ1n) is 6.93. The lowest BCUT2D eigenvalue weighted by molar-refractivity contribution is 0.726. The SMILES string of the molecule is CCCc1nc(N)c(C)c(N(C)C(C)c2cccs2)n1. The van der Waals surface area contributed by atoms with Gasteiger partial charge in [-0.15, -0.1) is 11.3 Å². The lowest BCUT2D eigenvalue weighted by Crippen LogP contribution is -2.24. The second-order valence-electron chi connectivity index (χ2n) is 5.03. The molecule has 2 heterocycles. The summed E-state index contributed by atoms with van der Waals surface area (Å²) < 4.78 is 0. The van der Waals surface area contributed by atoms with Crippen LogP contribution in [0.2, 0.25) is 0 Å². The summed E-state index contributed by atoms with van der Waals surface area (Å²) in [6, 6.07) is 4.50. The minimum atomic E-state index is 0.275. The minimum Gasteiger partial charge on any atom is -0.383 e. The summed E-state index contributed by atoms with van der Waals surface area (Å²) in [5, 5.41) is 2.10. The summed E-state index contributed by atoms with van der Waals surface area (Å²) >= 11 is 1.76. The zero-order valence-electron chi connectivity index (χ0n) is 12.6. The Kier molecular flexibility index (Phi) is 4.60. The maximum absolute atomic E-state index is 6.03. The second kappa shape index (κ2) is 6.22. The van der Waals surface area contributed by atoms with Crippen molar-refractivity contribution < 1.29 is 0 Å². The van der Waals surface area contributed by atoms with Crippen LogP contribution in [-0.4, -0.2) is 17.0 Å². The van der Waals surface area contributed by atoms with E-state index in [0.717, 1.165) is 30.0 Å². The number of thiophene rings is 1. The van der Waals surface area contributed by atoms with E-state index >= 15 is 0 Å². The topological polar surface area (TPSA) is 55.0 Å². The first kappa shape index (κ1) is 14.8. The molecule has 0 aliphatic rings. The molecule has 0 saturated heterocycles. The number of aromatic nitrogens is 2. The second-order valence-corrected chi connectivity index (χ2v) is 6.01. The summed E-state index contributed by atoms with van der Waals surface area (Å²) in [6.45, 7) is 6.29. The van der Waals surface area contributed by atoms with Gasteiger partial charge in [-0.25, -0.2) is 9.97 Å². The lowest BCUT2D eigenvalue weighted by atomic mass is 10.2. The first-order chi connectivity index (χ1) is 9.54. The van der Waals surface area contributed by atoms with Crippen LogP contribution in [0.1, 0.15) is 42.6 Å². The Hall–Kier alpha value is -1.62. The molecule has 0 radical (unpaired) electrons. The predicted molar refractivity (Wildman–Crippen MR) is 86.3 cm³/mol. The van der Waals surface area contributed by atoms with E-state index in [-0.39, 0.29) is 6.04 Å². The van der Waals surface area contributed by atoms with Crippen LogP contribution >= 0.6 is 11.3 Å². The van der Waals surface area contributed by atoms with Crippen LogP contribution in [-0.2, 0) is 6.42 Å². The van der Waals surface area contributed by atoms with E-state index in [0.29, 0.717) is 5.82 Å². The summed E-state index contributed by atoms with van der Waals surface area (Å²) in [5.41, 5.74) is 6.99. The molecule has 0 aliphatic heterocycles. The van der Waals surface area contributed by atoms with Crippen molar-refractivity contribution in [1.29, 1.82) is 0 Å². The highest BCUT2D eigenvalue weighted by Crippen LogP contribution is 2.30. The largest absolute Gasteiger partial charge is 0.383 e. The smallest absolute Gasteiger partial charge is 0.137 e. The molecule has 2 aromatic heterocycles. The zero-order chi connectivity index (χ0) is 14.7. The summed E-state index contributed by atoms with van der Waals surface area (Å²) in [5.74, 6) is 2.35. The molecule has 0 aliphatic carbocycles. The highest BCUT2D eigenvalue weighted by Gasteiger charge is 2.18. The number of hydrogen-bond donors (Lipinski definition) is 1. The Morgan fingerprint density at radius 1 is 1.40 bits per heavy atom. The third-order valence-corrected chi connectivity index (χ3v) is 4.59. The quantitative estimate of drug-likeness (QED) is 0.914. The Morgan fingerprint density at radius 2 is 2.15 bits per heavy atom. The molecule has 0 fully saturated rings. The van der Waals surface area contributed by atoms with Gasteiger partial charge < -0.3 is 10.6 Å². The fourth-order valence-corrected chi connectivity index (χ4v) is 2.98. The summed E-state index contributed by atoms with van der Waals surface area (Å²) in [7, 11) is 2.06. The van der Waals surface area contributed by atoms with Crippen LogP contribution in [0.3, 0.4) is 0 Å². The number of rotatable bonds is 5. The molecule has 1 unspecified atom stereocenters. The van der Waals surface area contributed by atoms with Crippen LogP contribution in [0.4, 0.5) is 11.6 Å². The van der Waals surface area contributed by atoms with Crippen LogP contribution in [0.15, 0.2) is 17.5 Å². The number of nitrogen functional groups attached to an aromatic ring is 1. The van der Waals surface area contributed by atoms with Crippen molar-refractivity contribution in [2.24, 2.45) is 0 Å². The highest BCUT2D eigenvalue weighted by molar-refractivity contribution is 7.10. The van der Waals surface area contributed by atoms with E-state index in [1.54, 1.807) is 11.3 Å². The van der Waals surface area contributed by atoms with Gasteiger partial charge in [-0.1, -0.05) is 13.0 Å². The van der Waals surface area contributed by atoms with Crippen LogP contribution in [0.5, 0.6) is 0 Å². The molecule has 0 spiro atoms. The Morgan fingerprint density at radius 3 is 2.75 bits per heavy atom. The van der Waals surface area contributed by atoms with Crippen molar-refractivity contribution >= 4 is 23.0 Å². The number of nitrogens with two attached hydrogens (primary N) is 1. The molecule has 0 saturated carbocycles. The van der Waals surface area contributed by atoms with Gasteiger partial charge in [0, 0.05) is 23.9 Å². The Labute approximate surface area is 124 Å².